The van der Waals surface area contributed by atoms with Gasteiger partial charge in [0.1, 0.15) is 0 Å². The molecule has 1 amide bonds. The zero-order valence-corrected chi connectivity index (χ0v) is 18.2. The molecule has 3 rings (SSSR count). The van der Waals surface area contributed by atoms with E-state index in [0.717, 1.165) is 25.6 Å². The first kappa shape index (κ1) is 21.6. The molecule has 2 unspecified atom stereocenters. The molecule has 6 nitrogen and oxygen atoms in total. The van der Waals surface area contributed by atoms with E-state index in [0.29, 0.717) is 25.0 Å². The van der Waals surface area contributed by atoms with Crippen LogP contribution in [0, 0.1) is 11.8 Å². The zero-order valence-electron chi connectivity index (χ0n) is 18.2. The van der Waals surface area contributed by atoms with Crippen molar-refractivity contribution < 1.29 is 4.79 Å². The summed E-state index contributed by atoms with van der Waals surface area (Å²) in [5, 5.41) is 6.38. The molecule has 2 fully saturated rings. The van der Waals surface area contributed by atoms with Crippen LogP contribution in [0.2, 0.25) is 0 Å². The van der Waals surface area contributed by atoms with E-state index in [2.05, 4.69) is 55.8 Å². The second-order valence-corrected chi connectivity index (χ2v) is 8.58. The van der Waals surface area contributed by atoms with Crippen LogP contribution < -0.4 is 10.6 Å². The number of hydrogen-bond acceptors (Lipinski definition) is 3. The van der Waals surface area contributed by atoms with Crippen LogP contribution in [0.1, 0.15) is 38.7 Å². The average Bonchev–Trinajstić information content (AvgIpc) is 2.74. The third kappa shape index (κ3) is 5.95. The van der Waals surface area contributed by atoms with Crippen molar-refractivity contribution in [1.29, 1.82) is 0 Å². The van der Waals surface area contributed by atoms with Gasteiger partial charge in [-0.05, 0) is 37.3 Å². The lowest BCUT2D eigenvalue weighted by Gasteiger charge is -2.48. The van der Waals surface area contributed by atoms with E-state index in [1.54, 1.807) is 0 Å². The van der Waals surface area contributed by atoms with Crippen molar-refractivity contribution in [3.05, 3.63) is 35.9 Å². The third-order valence-corrected chi connectivity index (χ3v) is 6.15. The van der Waals surface area contributed by atoms with Crippen molar-refractivity contribution in [3.63, 3.8) is 0 Å². The number of likely N-dealkylation sites (tertiary alicyclic amines) is 2. The van der Waals surface area contributed by atoms with Crippen LogP contribution in [0.25, 0.3) is 0 Å². The van der Waals surface area contributed by atoms with E-state index in [-0.39, 0.29) is 11.8 Å². The van der Waals surface area contributed by atoms with Gasteiger partial charge in [0.25, 0.3) is 0 Å². The minimum atomic E-state index is 0.0264. The van der Waals surface area contributed by atoms with E-state index in [4.69, 9.17) is 0 Å². The minimum absolute atomic E-state index is 0.0264. The fourth-order valence-corrected chi connectivity index (χ4v) is 4.61. The molecule has 0 bridgehead atoms. The van der Waals surface area contributed by atoms with Gasteiger partial charge in [0.05, 0.1) is 0 Å². The van der Waals surface area contributed by atoms with Crippen molar-refractivity contribution in [2.45, 2.75) is 45.7 Å². The van der Waals surface area contributed by atoms with Crippen molar-refractivity contribution >= 4 is 11.9 Å². The van der Waals surface area contributed by atoms with Gasteiger partial charge < -0.3 is 15.5 Å². The molecule has 29 heavy (non-hydrogen) atoms. The summed E-state index contributed by atoms with van der Waals surface area (Å²) in [5.41, 5.74) is 1.41. The predicted octanol–water partition coefficient (Wildman–Crippen LogP) is 2.32. The second-order valence-electron chi connectivity index (χ2n) is 8.58. The van der Waals surface area contributed by atoms with E-state index in [1.807, 2.05) is 20.9 Å². The summed E-state index contributed by atoms with van der Waals surface area (Å²) >= 11 is 0. The largest absolute Gasteiger partial charge is 0.354 e. The summed E-state index contributed by atoms with van der Waals surface area (Å²) in [6, 6.07) is 11.5. The first-order chi connectivity index (χ1) is 14.1. The summed E-state index contributed by atoms with van der Waals surface area (Å²) in [6.07, 6.45) is 3.76. The first-order valence-electron chi connectivity index (χ1n) is 11.1. The number of fused-ring (bicyclic) bond motifs is 1. The third-order valence-electron chi connectivity index (χ3n) is 6.15. The molecule has 6 heteroatoms. The normalized spacial score (nSPS) is 23.0. The molecule has 160 valence electrons. The molecule has 0 saturated carbocycles. The summed E-state index contributed by atoms with van der Waals surface area (Å²) in [6.45, 7) is 9.52. The molecule has 2 aliphatic rings. The Morgan fingerprint density at radius 2 is 1.90 bits per heavy atom. The Morgan fingerprint density at radius 1 is 1.14 bits per heavy atom. The lowest BCUT2D eigenvalue weighted by molar-refractivity contribution is -0.123. The number of aliphatic imine (C=N–C) groups is 1. The molecule has 0 radical (unpaired) electrons. The summed E-state index contributed by atoms with van der Waals surface area (Å²) in [5.74, 6) is 1.78. The van der Waals surface area contributed by atoms with Crippen LogP contribution in [-0.2, 0) is 11.3 Å². The van der Waals surface area contributed by atoms with Gasteiger partial charge >= 0.3 is 0 Å². The van der Waals surface area contributed by atoms with Gasteiger partial charge in [0, 0.05) is 51.7 Å². The maximum Gasteiger partial charge on any atom is 0.222 e. The van der Waals surface area contributed by atoms with E-state index in [1.165, 1.54) is 31.4 Å². The Kier molecular flexibility index (Phi) is 7.92. The number of carbonyl (C=O) groups is 1. The zero-order chi connectivity index (χ0) is 20.6. The highest BCUT2D eigenvalue weighted by molar-refractivity contribution is 5.80. The van der Waals surface area contributed by atoms with Gasteiger partial charge in [-0.3, -0.25) is 14.7 Å². The Bertz CT molecular complexity index is 675. The number of carbonyl (C=O) groups excluding carboxylic acids is 1. The van der Waals surface area contributed by atoms with Gasteiger partial charge in [0.15, 0.2) is 5.96 Å². The first-order valence-corrected chi connectivity index (χ1v) is 11.1. The predicted molar refractivity (Wildman–Crippen MR) is 119 cm³/mol. The Balaban J connectivity index is 1.49. The number of hydrogen-bond donors (Lipinski definition) is 2. The van der Waals surface area contributed by atoms with Crippen LogP contribution in [-0.4, -0.2) is 67.5 Å². The molecule has 1 aromatic rings. The number of nitrogens with zero attached hydrogens (tertiary/aromatic N) is 3. The molecular weight excluding hydrogens is 362 g/mol. The summed E-state index contributed by atoms with van der Waals surface area (Å²) < 4.78 is 0. The smallest absolute Gasteiger partial charge is 0.222 e. The van der Waals surface area contributed by atoms with E-state index >= 15 is 0 Å². The van der Waals surface area contributed by atoms with Gasteiger partial charge in [-0.2, -0.15) is 0 Å². The van der Waals surface area contributed by atoms with Crippen LogP contribution in [0.5, 0.6) is 0 Å². The molecule has 0 aromatic heterocycles. The van der Waals surface area contributed by atoms with E-state index < -0.39 is 0 Å². The number of amides is 1. The van der Waals surface area contributed by atoms with Crippen molar-refractivity contribution in [2.75, 3.05) is 39.8 Å². The molecule has 1 aromatic carbocycles. The highest BCUT2D eigenvalue weighted by Crippen LogP contribution is 2.31. The van der Waals surface area contributed by atoms with Crippen LogP contribution >= 0.6 is 0 Å². The Morgan fingerprint density at radius 3 is 2.62 bits per heavy atom. The second kappa shape index (κ2) is 10.6. The fourth-order valence-electron chi connectivity index (χ4n) is 4.61. The minimum Gasteiger partial charge on any atom is -0.354 e. The van der Waals surface area contributed by atoms with Crippen molar-refractivity contribution in [2.24, 2.45) is 16.8 Å². The van der Waals surface area contributed by atoms with Crippen molar-refractivity contribution in [1.82, 2.24) is 20.4 Å². The van der Waals surface area contributed by atoms with Gasteiger partial charge in [0.2, 0.25) is 5.91 Å². The highest BCUT2D eigenvalue weighted by atomic mass is 16.1. The topological polar surface area (TPSA) is 60.0 Å². The molecule has 0 aliphatic carbocycles. The fraction of sp³-hybridized carbons (Fsp3) is 0.652. The SMILES string of the molecule is CN=C(NCCNC(=O)C(C)C)N1CCC2C(CCCN2Cc2ccccc2)C1. The lowest BCUT2D eigenvalue weighted by Crippen LogP contribution is -2.57. The Hall–Kier alpha value is -2.08. The molecule has 2 N–H and O–H groups in total. The Labute approximate surface area is 175 Å². The van der Waals surface area contributed by atoms with Crippen LogP contribution in [0.3, 0.4) is 0 Å². The van der Waals surface area contributed by atoms with Gasteiger partial charge in [-0.15, -0.1) is 0 Å². The van der Waals surface area contributed by atoms with E-state index in [9.17, 15) is 4.79 Å². The number of rotatable bonds is 6. The highest BCUT2D eigenvalue weighted by Gasteiger charge is 2.36. The molecule has 0 spiro atoms. The van der Waals surface area contributed by atoms with Crippen LogP contribution in [0.15, 0.2) is 35.3 Å². The number of guanidine groups is 1. The number of piperidine rings is 2. The van der Waals surface area contributed by atoms with Gasteiger partial charge in [-0.1, -0.05) is 44.2 Å². The quantitative estimate of drug-likeness (QED) is 0.438. The van der Waals surface area contributed by atoms with Crippen molar-refractivity contribution in [3.8, 4) is 0 Å². The molecule has 2 saturated heterocycles. The molecular formula is C23H37N5O. The maximum absolute atomic E-state index is 11.7. The number of nitrogens with one attached hydrogen (secondary N) is 2. The number of benzene rings is 1. The monoisotopic (exact) mass is 399 g/mol. The van der Waals surface area contributed by atoms with Gasteiger partial charge in [-0.25, -0.2) is 0 Å². The molecule has 2 aliphatic heterocycles. The average molecular weight is 400 g/mol. The maximum atomic E-state index is 11.7. The van der Waals surface area contributed by atoms with Crippen LogP contribution in [0.4, 0.5) is 0 Å². The summed E-state index contributed by atoms with van der Waals surface area (Å²) in [7, 11) is 1.85. The molecule has 2 heterocycles. The lowest BCUT2D eigenvalue weighted by atomic mass is 9.83. The standard InChI is InChI=1S/C23H37N5O/c1-18(2)22(29)25-12-13-26-23(24-3)28-15-11-21-20(17-28)10-7-14-27(21)16-19-8-5-4-6-9-19/h4-6,8-9,18,20-21H,7,10-17H2,1-3H3,(H,24,26)(H,25,29). The summed E-state index contributed by atoms with van der Waals surface area (Å²) in [4.78, 5) is 21.3. The molecule has 2 atom stereocenters.